The van der Waals surface area contributed by atoms with Gasteiger partial charge in [0, 0.05) is 19.3 Å². The summed E-state index contributed by atoms with van der Waals surface area (Å²) in [6, 6.07) is 6.19. The van der Waals surface area contributed by atoms with Gasteiger partial charge in [0.15, 0.2) is 0 Å². The van der Waals surface area contributed by atoms with Gasteiger partial charge in [0.2, 0.25) is 0 Å². The van der Waals surface area contributed by atoms with Crippen molar-refractivity contribution < 1.29 is 22.6 Å². The monoisotopic (exact) mass is 291 g/mol. The minimum absolute atomic E-state index is 0.198. The summed E-state index contributed by atoms with van der Waals surface area (Å²) in [6.07, 6.45) is -3.06. The number of halogens is 3. The molecule has 6 heteroatoms. The first-order chi connectivity index (χ1) is 9.44. The molecule has 1 unspecified atom stereocenters. The van der Waals surface area contributed by atoms with Crippen LogP contribution in [0.3, 0.4) is 0 Å². The van der Waals surface area contributed by atoms with Crippen LogP contribution in [-0.2, 0) is 11.2 Å². The first-order valence-electron chi connectivity index (χ1n) is 6.54. The van der Waals surface area contributed by atoms with Crippen LogP contribution < -0.4 is 10.1 Å². The Morgan fingerprint density at radius 2 is 1.85 bits per heavy atom. The van der Waals surface area contributed by atoms with Gasteiger partial charge in [-0.25, -0.2) is 0 Å². The summed E-state index contributed by atoms with van der Waals surface area (Å²) in [5.41, 5.74) is 0.954. The van der Waals surface area contributed by atoms with Crippen LogP contribution in [0.25, 0.3) is 0 Å². The predicted molar refractivity (Wildman–Crippen MR) is 70.8 cm³/mol. The van der Waals surface area contributed by atoms with Gasteiger partial charge < -0.3 is 14.8 Å². The molecule has 0 heterocycles. The third-order valence-corrected chi connectivity index (χ3v) is 2.86. The van der Waals surface area contributed by atoms with Crippen LogP contribution in [0.5, 0.6) is 5.75 Å². The molecule has 0 aromatic heterocycles. The summed E-state index contributed by atoms with van der Waals surface area (Å²) >= 11 is 0. The maximum atomic E-state index is 12.0. The standard InChI is InChI=1S/C14H20F3NO2/c1-3-19-9-8-12(18-2)10-11-4-6-13(7-5-11)20-14(15,16)17/h4-7,12,18H,3,8-10H2,1-2H3. The molecule has 114 valence electrons. The Hall–Kier alpha value is -1.27. The fourth-order valence-corrected chi connectivity index (χ4v) is 1.83. The molecule has 1 rings (SSSR count). The van der Waals surface area contributed by atoms with E-state index >= 15 is 0 Å². The van der Waals surface area contributed by atoms with Crippen molar-refractivity contribution >= 4 is 0 Å². The fraction of sp³-hybridized carbons (Fsp3) is 0.571. The van der Waals surface area contributed by atoms with E-state index in [-0.39, 0.29) is 11.8 Å². The van der Waals surface area contributed by atoms with E-state index in [1.54, 1.807) is 12.1 Å². The highest BCUT2D eigenvalue weighted by molar-refractivity contribution is 5.27. The molecule has 20 heavy (non-hydrogen) atoms. The van der Waals surface area contributed by atoms with E-state index in [0.717, 1.165) is 18.4 Å². The van der Waals surface area contributed by atoms with Gasteiger partial charge in [-0.3, -0.25) is 0 Å². The van der Waals surface area contributed by atoms with Crippen molar-refractivity contribution in [3.8, 4) is 5.75 Å². The Morgan fingerprint density at radius 1 is 1.20 bits per heavy atom. The van der Waals surface area contributed by atoms with Gasteiger partial charge in [0.05, 0.1) is 0 Å². The lowest BCUT2D eigenvalue weighted by molar-refractivity contribution is -0.274. The lowest BCUT2D eigenvalue weighted by Gasteiger charge is -2.16. The average Bonchev–Trinajstić information content (AvgIpc) is 2.38. The Kier molecular flexibility index (Phi) is 6.81. The quantitative estimate of drug-likeness (QED) is 0.746. The molecule has 0 aliphatic carbocycles. The molecule has 0 fully saturated rings. The van der Waals surface area contributed by atoms with Gasteiger partial charge >= 0.3 is 6.36 Å². The molecule has 1 atom stereocenters. The molecule has 0 spiro atoms. The molecule has 3 nitrogen and oxygen atoms in total. The lowest BCUT2D eigenvalue weighted by atomic mass is 10.0. The Morgan fingerprint density at radius 3 is 2.35 bits per heavy atom. The van der Waals surface area contributed by atoms with Gasteiger partial charge in [-0.1, -0.05) is 12.1 Å². The first kappa shape index (κ1) is 16.8. The zero-order valence-electron chi connectivity index (χ0n) is 11.7. The summed E-state index contributed by atoms with van der Waals surface area (Å²) in [5.74, 6) is -0.198. The molecule has 0 bridgehead atoms. The van der Waals surface area contributed by atoms with Crippen molar-refractivity contribution in [3.05, 3.63) is 29.8 Å². The smallest absolute Gasteiger partial charge is 0.406 e. The number of ether oxygens (including phenoxy) is 2. The van der Waals surface area contributed by atoms with Crippen molar-refractivity contribution in [1.82, 2.24) is 5.32 Å². The van der Waals surface area contributed by atoms with E-state index in [2.05, 4.69) is 10.1 Å². The van der Waals surface area contributed by atoms with E-state index in [4.69, 9.17) is 4.74 Å². The predicted octanol–water partition coefficient (Wildman–Crippen LogP) is 3.14. The van der Waals surface area contributed by atoms with Crippen molar-refractivity contribution in [1.29, 1.82) is 0 Å². The van der Waals surface area contributed by atoms with Gasteiger partial charge in [-0.2, -0.15) is 0 Å². The third kappa shape index (κ3) is 6.77. The average molecular weight is 291 g/mol. The minimum Gasteiger partial charge on any atom is -0.406 e. The minimum atomic E-state index is -4.65. The van der Waals surface area contributed by atoms with Crippen LogP contribution in [-0.4, -0.2) is 32.7 Å². The molecule has 0 radical (unpaired) electrons. The highest BCUT2D eigenvalue weighted by Gasteiger charge is 2.30. The van der Waals surface area contributed by atoms with Crippen molar-refractivity contribution in [2.45, 2.75) is 32.2 Å². The zero-order chi connectivity index (χ0) is 15.0. The molecule has 1 N–H and O–H groups in total. The number of hydrogen-bond donors (Lipinski definition) is 1. The van der Waals surface area contributed by atoms with Gasteiger partial charge in [-0.05, 0) is 44.5 Å². The van der Waals surface area contributed by atoms with Crippen molar-refractivity contribution in [2.24, 2.45) is 0 Å². The molecule has 0 amide bonds. The summed E-state index contributed by atoms with van der Waals surface area (Å²) in [7, 11) is 1.86. The summed E-state index contributed by atoms with van der Waals surface area (Å²) in [6.45, 7) is 3.28. The summed E-state index contributed by atoms with van der Waals surface area (Å²) in [4.78, 5) is 0. The fourth-order valence-electron chi connectivity index (χ4n) is 1.83. The number of hydrogen-bond acceptors (Lipinski definition) is 3. The van der Waals surface area contributed by atoms with E-state index in [0.29, 0.717) is 13.2 Å². The summed E-state index contributed by atoms with van der Waals surface area (Å²) in [5, 5.41) is 3.17. The number of nitrogens with one attached hydrogen (secondary N) is 1. The zero-order valence-corrected chi connectivity index (χ0v) is 11.7. The lowest BCUT2D eigenvalue weighted by Crippen LogP contribution is -2.29. The normalized spacial score (nSPS) is 13.2. The third-order valence-electron chi connectivity index (χ3n) is 2.86. The molecule has 1 aromatic carbocycles. The molecular formula is C14H20F3NO2. The van der Waals surface area contributed by atoms with E-state index < -0.39 is 6.36 Å². The highest BCUT2D eigenvalue weighted by atomic mass is 19.4. The molecular weight excluding hydrogens is 271 g/mol. The molecule has 0 aliphatic rings. The van der Waals surface area contributed by atoms with Crippen LogP contribution in [0.1, 0.15) is 18.9 Å². The number of rotatable bonds is 8. The second kappa shape index (κ2) is 8.11. The number of likely N-dealkylation sites (N-methyl/N-ethyl adjacent to an activating group) is 1. The maximum Gasteiger partial charge on any atom is 0.573 e. The number of benzene rings is 1. The van der Waals surface area contributed by atoms with Gasteiger partial charge in [-0.15, -0.1) is 13.2 Å². The van der Waals surface area contributed by atoms with E-state index in [9.17, 15) is 13.2 Å². The molecule has 0 aliphatic heterocycles. The Balaban J connectivity index is 2.50. The van der Waals surface area contributed by atoms with Crippen LogP contribution in [0, 0.1) is 0 Å². The van der Waals surface area contributed by atoms with Crippen molar-refractivity contribution in [3.63, 3.8) is 0 Å². The molecule has 1 aromatic rings. The topological polar surface area (TPSA) is 30.5 Å². The van der Waals surface area contributed by atoms with E-state index in [1.165, 1.54) is 12.1 Å². The maximum absolute atomic E-state index is 12.0. The van der Waals surface area contributed by atoms with Gasteiger partial charge in [0.25, 0.3) is 0 Å². The van der Waals surface area contributed by atoms with Crippen molar-refractivity contribution in [2.75, 3.05) is 20.3 Å². The Labute approximate surface area is 117 Å². The van der Waals surface area contributed by atoms with Crippen LogP contribution in [0.2, 0.25) is 0 Å². The molecule has 0 saturated carbocycles. The highest BCUT2D eigenvalue weighted by Crippen LogP contribution is 2.23. The second-order valence-electron chi connectivity index (χ2n) is 4.37. The number of alkyl halides is 3. The first-order valence-corrected chi connectivity index (χ1v) is 6.54. The van der Waals surface area contributed by atoms with Crippen LogP contribution >= 0.6 is 0 Å². The largest absolute Gasteiger partial charge is 0.573 e. The van der Waals surface area contributed by atoms with E-state index in [1.807, 2.05) is 14.0 Å². The second-order valence-corrected chi connectivity index (χ2v) is 4.37. The Bertz CT molecular complexity index is 379. The van der Waals surface area contributed by atoms with Crippen LogP contribution in [0.4, 0.5) is 13.2 Å². The SMILES string of the molecule is CCOCCC(Cc1ccc(OC(F)(F)F)cc1)NC. The van der Waals surface area contributed by atoms with Gasteiger partial charge in [0.1, 0.15) is 5.75 Å². The summed E-state index contributed by atoms with van der Waals surface area (Å²) < 4.78 is 45.2. The van der Waals surface area contributed by atoms with Crippen LogP contribution in [0.15, 0.2) is 24.3 Å². The molecule has 0 saturated heterocycles.